The number of carbonyl (C=O) groups excluding carboxylic acids is 2. The molecule has 0 saturated carbocycles. The zero-order valence-electron chi connectivity index (χ0n) is 23.3. The molecule has 222 valence electrons. The first kappa shape index (κ1) is 30.2. The Morgan fingerprint density at radius 1 is 0.875 bits per heavy atom. The molecule has 0 radical (unpaired) electrons. The third-order valence-corrected chi connectivity index (χ3v) is 7.06. The summed E-state index contributed by atoms with van der Waals surface area (Å²) in [5.74, 6) is -0.749. The molecule has 2 aliphatic heterocycles. The van der Waals surface area contributed by atoms with E-state index in [4.69, 9.17) is 18.9 Å². The van der Waals surface area contributed by atoms with Gasteiger partial charge < -0.3 is 29.6 Å². The van der Waals surface area contributed by atoms with Crippen LogP contribution in [-0.4, -0.2) is 118 Å². The van der Waals surface area contributed by atoms with Crippen LogP contribution in [0.25, 0.3) is 11.0 Å². The number of fused-ring (bicyclic) bond motifs is 1. The van der Waals surface area contributed by atoms with Crippen molar-refractivity contribution in [3.8, 4) is 0 Å². The Kier molecular flexibility index (Phi) is 11.9. The van der Waals surface area contributed by atoms with Gasteiger partial charge in [-0.2, -0.15) is 0 Å². The maximum atomic E-state index is 12.9. The predicted molar refractivity (Wildman–Crippen MR) is 150 cm³/mol. The summed E-state index contributed by atoms with van der Waals surface area (Å²) in [6, 6.07) is 4.87. The normalized spacial score (nSPS) is 18.4. The summed E-state index contributed by atoms with van der Waals surface area (Å²) in [6.07, 6.45) is 0.523. The molecule has 0 bridgehead atoms. The first-order chi connectivity index (χ1) is 19.5. The molecule has 3 N–H and O–H groups in total. The van der Waals surface area contributed by atoms with Crippen LogP contribution < -0.4 is 21.6 Å². The fraction of sp³-hybridized carbons (Fsp3) is 0.667. The van der Waals surface area contributed by atoms with E-state index in [0.717, 1.165) is 45.0 Å². The second kappa shape index (κ2) is 15.8. The lowest BCUT2D eigenvalue weighted by Crippen LogP contribution is -2.44. The van der Waals surface area contributed by atoms with E-state index in [2.05, 4.69) is 20.9 Å². The molecule has 1 unspecified atom stereocenters. The number of imidazole rings is 1. The minimum absolute atomic E-state index is 0.213. The van der Waals surface area contributed by atoms with Crippen LogP contribution in [0.2, 0.25) is 0 Å². The monoisotopic (exact) mass is 562 g/mol. The zero-order chi connectivity index (χ0) is 28.2. The summed E-state index contributed by atoms with van der Waals surface area (Å²) in [7, 11) is 1.67. The topological polar surface area (TPSA) is 137 Å². The number of nitrogens with zero attached hydrogens (tertiary/aromatic N) is 3. The standard InChI is InChI=1S/C27H42N6O7/c1-31-24-20-21(2-3-22(24)33(27(31)36)23-4-5-25(34)30-26(23)35)29-8-12-37-14-16-39-18-19-40-17-15-38-13-11-32-9-6-28-7-10-32/h2-3,20,23,28-29H,4-19H2,1H3,(H,30,34,35). The van der Waals surface area contributed by atoms with Gasteiger partial charge in [-0.3, -0.25) is 28.9 Å². The van der Waals surface area contributed by atoms with Gasteiger partial charge in [0.15, 0.2) is 0 Å². The molecule has 2 aromatic rings. The number of nitrogens with one attached hydrogen (secondary N) is 3. The van der Waals surface area contributed by atoms with Gasteiger partial charge in [0.05, 0.1) is 63.9 Å². The molecule has 40 heavy (non-hydrogen) atoms. The van der Waals surface area contributed by atoms with Crippen LogP contribution in [0.3, 0.4) is 0 Å². The number of aromatic nitrogens is 2. The van der Waals surface area contributed by atoms with Crippen molar-refractivity contribution < 1.29 is 28.5 Å². The van der Waals surface area contributed by atoms with Crippen molar-refractivity contribution in [2.45, 2.75) is 18.9 Å². The van der Waals surface area contributed by atoms with Crippen LogP contribution in [0.4, 0.5) is 5.69 Å². The Balaban J connectivity index is 1.04. The Labute approximate surface area is 234 Å². The summed E-state index contributed by atoms with van der Waals surface area (Å²) in [6.45, 7) is 10.2. The number of ether oxygens (including phenoxy) is 4. The first-order valence-corrected chi connectivity index (χ1v) is 14.1. The van der Waals surface area contributed by atoms with E-state index in [9.17, 15) is 14.4 Å². The Morgan fingerprint density at radius 3 is 2.20 bits per heavy atom. The summed E-state index contributed by atoms with van der Waals surface area (Å²) < 4.78 is 25.3. The van der Waals surface area contributed by atoms with Crippen molar-refractivity contribution in [2.75, 3.05) is 97.4 Å². The number of hydrogen-bond acceptors (Lipinski definition) is 10. The number of imide groups is 1. The molecule has 2 saturated heterocycles. The van der Waals surface area contributed by atoms with Gasteiger partial charge in [-0.05, 0) is 24.6 Å². The van der Waals surface area contributed by atoms with E-state index in [1.165, 1.54) is 9.13 Å². The molecular formula is C27H42N6O7. The second-order valence-electron chi connectivity index (χ2n) is 9.85. The van der Waals surface area contributed by atoms with Crippen LogP contribution >= 0.6 is 0 Å². The third-order valence-electron chi connectivity index (χ3n) is 7.06. The van der Waals surface area contributed by atoms with Crippen molar-refractivity contribution in [3.63, 3.8) is 0 Å². The number of benzene rings is 1. The molecule has 1 aromatic heterocycles. The van der Waals surface area contributed by atoms with Crippen LogP contribution in [-0.2, 0) is 35.6 Å². The highest BCUT2D eigenvalue weighted by molar-refractivity contribution is 6.00. The van der Waals surface area contributed by atoms with Gasteiger partial charge in [0.1, 0.15) is 6.04 Å². The Hall–Kier alpha value is -2.81. The Bertz CT molecular complexity index is 1160. The van der Waals surface area contributed by atoms with E-state index in [1.54, 1.807) is 7.05 Å². The molecule has 0 spiro atoms. The largest absolute Gasteiger partial charge is 0.383 e. The van der Waals surface area contributed by atoms with Crippen LogP contribution in [0.1, 0.15) is 18.9 Å². The molecule has 2 fully saturated rings. The van der Waals surface area contributed by atoms with Gasteiger partial charge in [0.25, 0.3) is 0 Å². The van der Waals surface area contributed by atoms with Crippen molar-refractivity contribution >= 4 is 28.5 Å². The molecule has 1 aromatic carbocycles. The van der Waals surface area contributed by atoms with Crippen LogP contribution in [0.5, 0.6) is 0 Å². The average molecular weight is 563 g/mol. The molecule has 4 rings (SSSR count). The fourth-order valence-corrected chi connectivity index (χ4v) is 4.86. The molecule has 3 heterocycles. The molecule has 0 aliphatic carbocycles. The lowest BCUT2D eigenvalue weighted by atomic mass is 10.1. The lowest BCUT2D eigenvalue weighted by molar-refractivity contribution is -0.135. The molecule has 2 amide bonds. The van der Waals surface area contributed by atoms with Crippen molar-refractivity contribution in [1.29, 1.82) is 0 Å². The number of carbonyl (C=O) groups is 2. The third kappa shape index (κ3) is 8.59. The maximum absolute atomic E-state index is 12.9. The van der Waals surface area contributed by atoms with Gasteiger partial charge in [-0.1, -0.05) is 0 Å². The summed E-state index contributed by atoms with van der Waals surface area (Å²) in [4.78, 5) is 39.1. The molecule has 1 atom stereocenters. The number of hydrogen-bond donors (Lipinski definition) is 3. The number of anilines is 1. The Morgan fingerprint density at radius 2 is 1.52 bits per heavy atom. The first-order valence-electron chi connectivity index (χ1n) is 14.1. The minimum Gasteiger partial charge on any atom is -0.383 e. The fourth-order valence-electron chi connectivity index (χ4n) is 4.86. The van der Waals surface area contributed by atoms with Gasteiger partial charge in [-0.25, -0.2) is 4.79 Å². The van der Waals surface area contributed by atoms with Crippen LogP contribution in [0.15, 0.2) is 23.0 Å². The summed E-state index contributed by atoms with van der Waals surface area (Å²) in [5.41, 5.74) is 1.92. The molecule has 2 aliphatic rings. The highest BCUT2D eigenvalue weighted by atomic mass is 16.6. The average Bonchev–Trinajstić information content (AvgIpc) is 3.20. The summed E-state index contributed by atoms with van der Waals surface area (Å²) >= 11 is 0. The molecular weight excluding hydrogens is 520 g/mol. The molecule has 13 heteroatoms. The lowest BCUT2D eigenvalue weighted by Gasteiger charge is -2.26. The van der Waals surface area contributed by atoms with Gasteiger partial charge in [0.2, 0.25) is 11.8 Å². The predicted octanol–water partition coefficient (Wildman–Crippen LogP) is -0.299. The van der Waals surface area contributed by atoms with Gasteiger partial charge in [0, 0.05) is 58.4 Å². The minimum atomic E-state index is -0.693. The highest BCUT2D eigenvalue weighted by Gasteiger charge is 2.31. The van der Waals surface area contributed by atoms with E-state index in [1.807, 2.05) is 18.2 Å². The van der Waals surface area contributed by atoms with Gasteiger partial charge >= 0.3 is 5.69 Å². The van der Waals surface area contributed by atoms with E-state index < -0.39 is 11.9 Å². The number of amides is 2. The number of aryl methyl sites for hydroxylation is 1. The number of piperazine rings is 1. The van der Waals surface area contributed by atoms with Crippen LogP contribution in [0, 0.1) is 0 Å². The number of rotatable bonds is 17. The van der Waals surface area contributed by atoms with E-state index in [-0.39, 0.29) is 18.0 Å². The number of piperidine rings is 1. The maximum Gasteiger partial charge on any atom is 0.329 e. The SMILES string of the molecule is Cn1c(=O)n(C2CCC(=O)NC2=O)c2ccc(NCCOCCOCCOCCOCCN3CCNCC3)cc21. The summed E-state index contributed by atoms with van der Waals surface area (Å²) in [5, 5.41) is 8.96. The zero-order valence-corrected chi connectivity index (χ0v) is 23.3. The van der Waals surface area contributed by atoms with E-state index >= 15 is 0 Å². The van der Waals surface area contributed by atoms with E-state index in [0.29, 0.717) is 70.2 Å². The smallest absolute Gasteiger partial charge is 0.329 e. The van der Waals surface area contributed by atoms with Crippen molar-refractivity contribution in [1.82, 2.24) is 24.7 Å². The second-order valence-corrected chi connectivity index (χ2v) is 9.85. The van der Waals surface area contributed by atoms with Crippen molar-refractivity contribution in [3.05, 3.63) is 28.7 Å². The molecule has 13 nitrogen and oxygen atoms in total. The van der Waals surface area contributed by atoms with Crippen molar-refractivity contribution in [2.24, 2.45) is 7.05 Å². The quantitative estimate of drug-likeness (QED) is 0.174. The highest BCUT2D eigenvalue weighted by Crippen LogP contribution is 2.24. The van der Waals surface area contributed by atoms with Gasteiger partial charge in [-0.15, -0.1) is 0 Å².